The molecule has 1 atom stereocenters. The maximum absolute atomic E-state index is 13.0. The molecule has 1 heterocycles. The Balaban J connectivity index is 1.44. The number of anilines is 2. The molecule has 3 aromatic carbocycles. The number of aldehydes is 1. The third-order valence-electron chi connectivity index (χ3n) is 6.54. The molecule has 0 saturated carbocycles. The molecule has 7 nitrogen and oxygen atoms in total. The molecule has 206 valence electrons. The Morgan fingerprint density at radius 1 is 1.08 bits per heavy atom. The number of carbonyl (C=O) groups excluding carboxylic acids is 3. The van der Waals surface area contributed by atoms with Gasteiger partial charge in [0, 0.05) is 11.3 Å². The van der Waals surface area contributed by atoms with E-state index in [0.717, 1.165) is 42.6 Å². The summed E-state index contributed by atoms with van der Waals surface area (Å²) in [4.78, 5) is 41.1. The summed E-state index contributed by atoms with van der Waals surface area (Å²) >= 11 is 4.95. The van der Waals surface area contributed by atoms with Crippen molar-refractivity contribution in [2.45, 2.75) is 31.8 Å². The zero-order chi connectivity index (χ0) is 27.8. The van der Waals surface area contributed by atoms with E-state index in [1.807, 2.05) is 48.5 Å². The fraction of sp³-hybridized carbons (Fsp3) is 0.300. The van der Waals surface area contributed by atoms with Crippen molar-refractivity contribution in [3.63, 3.8) is 0 Å². The molecule has 1 aliphatic rings. The normalized spacial score (nSPS) is 15.8. The van der Waals surface area contributed by atoms with Gasteiger partial charge in [-0.15, -0.1) is 0 Å². The van der Waals surface area contributed by atoms with Gasteiger partial charge in [-0.2, -0.15) is 0 Å². The van der Waals surface area contributed by atoms with Gasteiger partial charge in [0.15, 0.2) is 6.29 Å². The van der Waals surface area contributed by atoms with Gasteiger partial charge in [0.1, 0.15) is 0 Å². The number of nitrogens with zero attached hydrogens (tertiary/aromatic N) is 1. The first kappa shape index (κ1) is 29.0. The summed E-state index contributed by atoms with van der Waals surface area (Å²) in [6, 6.07) is 20.4. The summed E-state index contributed by atoms with van der Waals surface area (Å²) in [5.41, 5.74) is 4.31. The molecule has 0 aromatic heterocycles. The molecule has 0 radical (unpaired) electrons. The topological polar surface area (TPSA) is 87.7 Å². The second-order valence-electron chi connectivity index (χ2n) is 9.53. The number of aryl methyl sites for hydroxylation is 1. The first-order chi connectivity index (χ1) is 18.8. The minimum absolute atomic E-state index is 0.111. The van der Waals surface area contributed by atoms with E-state index in [-0.39, 0.29) is 23.5 Å². The molecule has 1 saturated heterocycles. The number of nitrogens with one attached hydrogen (secondary N) is 2. The van der Waals surface area contributed by atoms with Crippen LogP contribution in [0.25, 0.3) is 11.1 Å². The van der Waals surface area contributed by atoms with Crippen LogP contribution in [0.5, 0.6) is 0 Å². The second kappa shape index (κ2) is 13.9. The molecule has 4 rings (SSSR count). The van der Waals surface area contributed by atoms with Gasteiger partial charge < -0.3 is 5.32 Å². The average molecular weight is 662 g/mol. The van der Waals surface area contributed by atoms with Gasteiger partial charge in [0.25, 0.3) is 0 Å². The predicted molar refractivity (Wildman–Crippen MR) is 166 cm³/mol. The van der Waals surface area contributed by atoms with Crippen molar-refractivity contribution in [1.29, 1.82) is 0 Å². The molecule has 1 unspecified atom stereocenters. The summed E-state index contributed by atoms with van der Waals surface area (Å²) in [7, 11) is 0. The molecule has 9 heteroatoms. The summed E-state index contributed by atoms with van der Waals surface area (Å²) in [5, 5.41) is 6.08. The van der Waals surface area contributed by atoms with Crippen LogP contribution in [-0.2, 0) is 16.0 Å². The minimum atomic E-state index is -1.11. The van der Waals surface area contributed by atoms with Gasteiger partial charge in [-0.1, -0.05) is 11.6 Å². The standard InChI is InChI=1S/C30H33ClIN3O4/c1-32(2)35-16-6-9-25(19-35)39-30(38)34-28-17-21(10-14-26(28)22-7-4-3-5-8-22)11-15-29(37)33-24-13-12-23(20-36)27(31)18-24/h3-5,7-8,10,12-14,17-18,20,25H,6,9,11,15-16,19H2,1-2H3,(H,33,37)(H,34,38). The van der Waals surface area contributed by atoms with Crippen molar-refractivity contribution < 1.29 is 19.1 Å². The fourth-order valence-electron chi connectivity index (χ4n) is 4.49. The van der Waals surface area contributed by atoms with Crippen LogP contribution in [-0.4, -0.2) is 50.5 Å². The quantitative estimate of drug-likeness (QED) is 0.111. The molecule has 1 aliphatic heterocycles. The van der Waals surface area contributed by atoms with E-state index in [4.69, 9.17) is 16.3 Å². The molecular formula is C30H33ClIN3O4. The summed E-state index contributed by atoms with van der Waals surface area (Å²) in [5.74, 6) is -0.179. The Labute approximate surface area is 242 Å². The van der Waals surface area contributed by atoms with Crippen LogP contribution in [0, 0.1) is 0 Å². The van der Waals surface area contributed by atoms with Crippen LogP contribution in [0.2, 0.25) is 5.02 Å². The Morgan fingerprint density at radius 2 is 1.87 bits per heavy atom. The molecule has 1 fully saturated rings. The van der Waals surface area contributed by atoms with Gasteiger partial charge in [0.2, 0.25) is 0 Å². The number of rotatable bonds is 9. The van der Waals surface area contributed by atoms with Crippen LogP contribution in [0.1, 0.15) is 35.2 Å². The molecule has 0 aliphatic carbocycles. The van der Waals surface area contributed by atoms with Gasteiger partial charge in [-0.25, -0.2) is 0 Å². The number of hydrogen-bond donors (Lipinski definition) is 2. The van der Waals surface area contributed by atoms with Crippen molar-refractivity contribution in [2.75, 3.05) is 33.6 Å². The van der Waals surface area contributed by atoms with E-state index >= 15 is 0 Å². The number of benzene rings is 3. The van der Waals surface area contributed by atoms with E-state index in [1.165, 1.54) is 0 Å². The fourth-order valence-corrected chi connectivity index (χ4v) is 7.25. The van der Waals surface area contributed by atoms with E-state index in [1.54, 1.807) is 18.2 Å². The van der Waals surface area contributed by atoms with Crippen LogP contribution in [0.3, 0.4) is 0 Å². The first-order valence-corrected chi connectivity index (χ1v) is 18.4. The molecule has 0 bridgehead atoms. The zero-order valence-corrected chi connectivity index (χ0v) is 25.0. The first-order valence-electron chi connectivity index (χ1n) is 12.8. The number of piperidine rings is 1. The van der Waals surface area contributed by atoms with E-state index in [2.05, 4.69) is 23.6 Å². The van der Waals surface area contributed by atoms with Gasteiger partial charge >= 0.3 is 176 Å². The van der Waals surface area contributed by atoms with Crippen LogP contribution in [0.4, 0.5) is 16.2 Å². The third kappa shape index (κ3) is 8.27. The predicted octanol–water partition coefficient (Wildman–Crippen LogP) is 7.08. The third-order valence-corrected chi connectivity index (χ3v) is 10.5. The molecule has 2 N–H and O–H groups in total. The molecule has 2 amide bonds. The van der Waals surface area contributed by atoms with Crippen molar-refractivity contribution in [3.8, 4) is 11.1 Å². The maximum atomic E-state index is 13.0. The summed E-state index contributed by atoms with van der Waals surface area (Å²) in [6.45, 7) is 1.89. The molecule has 3 aromatic rings. The Hall–Kier alpha value is -2.95. The van der Waals surface area contributed by atoms with Gasteiger partial charge in [0.05, 0.1) is 5.02 Å². The van der Waals surface area contributed by atoms with Crippen molar-refractivity contribution in [2.24, 2.45) is 0 Å². The number of ether oxygens (including phenoxy) is 1. The number of halogens is 2. The van der Waals surface area contributed by atoms with Crippen LogP contribution >= 0.6 is 31.7 Å². The van der Waals surface area contributed by atoms with E-state index in [0.29, 0.717) is 29.6 Å². The number of amides is 2. The molecule has 0 spiro atoms. The Bertz CT molecular complexity index is 1320. The SMILES string of the molecule is CI(C)N1CCCC(OC(=O)Nc2cc(CCC(=O)Nc3ccc(C=O)c(Cl)c3)ccc2-c2ccccc2)C1. The van der Waals surface area contributed by atoms with Crippen molar-refractivity contribution >= 4 is 61.4 Å². The van der Waals surface area contributed by atoms with Crippen molar-refractivity contribution in [3.05, 3.63) is 82.9 Å². The number of carbonyl (C=O) groups is 3. The number of hydrogen-bond acceptors (Lipinski definition) is 5. The second-order valence-corrected chi connectivity index (χ2v) is 15.4. The summed E-state index contributed by atoms with van der Waals surface area (Å²) in [6.07, 6.45) is 2.72. The van der Waals surface area contributed by atoms with Gasteiger partial charge in [-0.3, -0.25) is 9.59 Å². The molecular weight excluding hydrogens is 629 g/mol. The Kier molecular flexibility index (Phi) is 10.4. The zero-order valence-electron chi connectivity index (χ0n) is 22.1. The summed E-state index contributed by atoms with van der Waals surface area (Å²) < 4.78 is 8.32. The van der Waals surface area contributed by atoms with Crippen molar-refractivity contribution in [1.82, 2.24) is 3.11 Å². The Morgan fingerprint density at radius 3 is 2.59 bits per heavy atom. The van der Waals surface area contributed by atoms with Gasteiger partial charge in [-0.05, 0) is 18.2 Å². The molecule has 39 heavy (non-hydrogen) atoms. The van der Waals surface area contributed by atoms with Crippen LogP contribution in [0.15, 0.2) is 66.7 Å². The average Bonchev–Trinajstić information content (AvgIpc) is 2.92. The van der Waals surface area contributed by atoms with E-state index in [9.17, 15) is 14.4 Å². The monoisotopic (exact) mass is 661 g/mol. The van der Waals surface area contributed by atoms with Crippen LogP contribution < -0.4 is 10.6 Å². The van der Waals surface area contributed by atoms with E-state index < -0.39 is 26.2 Å². The number of alkyl halides is 2.